The highest BCUT2D eigenvalue weighted by Crippen LogP contribution is 2.36. The Labute approximate surface area is 188 Å². The summed E-state index contributed by atoms with van der Waals surface area (Å²) in [6, 6.07) is 6.59. The second-order valence-electron chi connectivity index (χ2n) is 8.77. The molecule has 8 heteroatoms. The normalized spacial score (nSPS) is 20.5. The van der Waals surface area contributed by atoms with Gasteiger partial charge >= 0.3 is 0 Å². The first-order valence-electron chi connectivity index (χ1n) is 10.0. The maximum Gasteiger partial charge on any atom is 0.264 e. The number of hydrogen-bond acceptors (Lipinski definition) is 4. The molecule has 1 aromatic carbocycles. The van der Waals surface area contributed by atoms with Crippen LogP contribution in [0.25, 0.3) is 0 Å². The van der Waals surface area contributed by atoms with Gasteiger partial charge in [0.15, 0.2) is 0 Å². The minimum absolute atomic E-state index is 0.0211. The molecule has 2 atom stereocenters. The van der Waals surface area contributed by atoms with Crippen molar-refractivity contribution in [1.82, 2.24) is 9.78 Å². The van der Waals surface area contributed by atoms with Gasteiger partial charge in [0.25, 0.3) is 10.0 Å². The number of allylic oxidation sites excluding steroid dienone is 5. The molecule has 6 nitrogen and oxygen atoms in total. The highest BCUT2D eigenvalue weighted by Gasteiger charge is 2.30. The number of fused-ring (bicyclic) bond motifs is 1. The van der Waals surface area contributed by atoms with Crippen molar-refractivity contribution in [2.45, 2.75) is 44.0 Å². The fourth-order valence-corrected chi connectivity index (χ4v) is 5.33. The number of aliphatic imine (C=N–C) groups is 1. The van der Waals surface area contributed by atoms with E-state index in [1.165, 1.54) is 0 Å². The molecule has 1 N–H and O–H groups in total. The predicted octanol–water partition coefficient (Wildman–Crippen LogP) is 5.19. The van der Waals surface area contributed by atoms with Gasteiger partial charge in [-0.3, -0.25) is 9.71 Å². The van der Waals surface area contributed by atoms with Gasteiger partial charge in [0.05, 0.1) is 16.8 Å². The summed E-state index contributed by atoms with van der Waals surface area (Å²) in [4.78, 5) is 4.46. The van der Waals surface area contributed by atoms with Gasteiger partial charge in [0, 0.05) is 23.9 Å². The van der Waals surface area contributed by atoms with Crippen LogP contribution in [0.1, 0.15) is 38.1 Å². The largest absolute Gasteiger partial charge is 0.264 e. The van der Waals surface area contributed by atoms with Gasteiger partial charge in [0.2, 0.25) is 0 Å². The lowest BCUT2D eigenvalue weighted by Crippen LogP contribution is -2.25. The number of halogens is 1. The second-order valence-corrected chi connectivity index (χ2v) is 10.8. The third kappa shape index (κ3) is 4.25. The standard InChI is InChI=1S/C23H25ClN4O2S/c1-15-13-22(28(26-15)20-9-5-8-19-17(20)7-6-12-25-19)27-31(29,30)21-11-10-16(14-18(21)24)23(2,3)4/h5-14,17,20,27H,1-4H3. The van der Waals surface area contributed by atoms with Crippen molar-refractivity contribution in [3.8, 4) is 0 Å². The van der Waals surface area contributed by atoms with Crippen LogP contribution >= 0.6 is 11.6 Å². The number of nitrogens with one attached hydrogen (secondary N) is 1. The zero-order chi connectivity index (χ0) is 22.4. The van der Waals surface area contributed by atoms with Crippen LogP contribution in [0.4, 0.5) is 5.82 Å². The Bertz CT molecular complexity index is 1250. The average Bonchev–Trinajstić information content (AvgIpc) is 3.05. The van der Waals surface area contributed by atoms with E-state index in [-0.39, 0.29) is 27.3 Å². The van der Waals surface area contributed by atoms with Gasteiger partial charge in [-0.1, -0.05) is 56.7 Å². The van der Waals surface area contributed by atoms with E-state index >= 15 is 0 Å². The van der Waals surface area contributed by atoms with Crippen molar-refractivity contribution in [3.63, 3.8) is 0 Å². The summed E-state index contributed by atoms with van der Waals surface area (Å²) in [5.41, 5.74) is 2.45. The van der Waals surface area contributed by atoms with E-state index < -0.39 is 10.0 Å². The first kappa shape index (κ1) is 21.6. The molecule has 0 spiro atoms. The molecule has 4 rings (SSSR count). The first-order valence-corrected chi connectivity index (χ1v) is 11.9. The molecule has 0 fully saturated rings. The number of aromatic nitrogens is 2. The number of benzene rings is 1. The van der Waals surface area contributed by atoms with E-state index in [0.29, 0.717) is 11.5 Å². The highest BCUT2D eigenvalue weighted by atomic mass is 35.5. The monoisotopic (exact) mass is 456 g/mol. The molecule has 2 unspecified atom stereocenters. The molecule has 0 saturated heterocycles. The van der Waals surface area contributed by atoms with E-state index in [4.69, 9.17) is 11.6 Å². The SMILES string of the molecule is Cc1cc(NS(=O)(=O)c2ccc(C(C)(C)C)cc2Cl)n(C2C=CC=C3N=CC=CC32)n1. The topological polar surface area (TPSA) is 76.3 Å². The van der Waals surface area contributed by atoms with Gasteiger partial charge in [0.1, 0.15) is 10.7 Å². The molecule has 2 heterocycles. The third-order valence-electron chi connectivity index (χ3n) is 5.38. The van der Waals surface area contributed by atoms with Crippen molar-refractivity contribution in [2.75, 3.05) is 4.72 Å². The molecule has 1 aromatic heterocycles. The molecule has 1 aliphatic heterocycles. The minimum atomic E-state index is -3.91. The zero-order valence-corrected chi connectivity index (χ0v) is 19.4. The molecule has 0 bridgehead atoms. The Morgan fingerprint density at radius 1 is 1.13 bits per heavy atom. The molecule has 0 amide bonds. The number of aryl methyl sites for hydroxylation is 1. The number of sulfonamides is 1. The minimum Gasteiger partial charge on any atom is -0.263 e. The molecular weight excluding hydrogens is 432 g/mol. The second kappa shape index (κ2) is 7.80. The van der Waals surface area contributed by atoms with Crippen LogP contribution in [0.2, 0.25) is 5.02 Å². The molecular formula is C23H25ClN4O2S. The summed E-state index contributed by atoms with van der Waals surface area (Å²) in [6.45, 7) is 7.99. The number of anilines is 1. The van der Waals surface area contributed by atoms with E-state index in [1.54, 1.807) is 35.2 Å². The van der Waals surface area contributed by atoms with Gasteiger partial charge in [-0.25, -0.2) is 13.1 Å². The van der Waals surface area contributed by atoms with Crippen molar-refractivity contribution in [1.29, 1.82) is 0 Å². The first-order chi connectivity index (χ1) is 14.6. The Morgan fingerprint density at radius 2 is 1.90 bits per heavy atom. The zero-order valence-electron chi connectivity index (χ0n) is 17.9. The van der Waals surface area contributed by atoms with E-state index in [2.05, 4.69) is 35.6 Å². The molecule has 2 aliphatic rings. The van der Waals surface area contributed by atoms with Crippen molar-refractivity contribution in [3.05, 3.63) is 76.6 Å². The summed E-state index contributed by atoms with van der Waals surface area (Å²) >= 11 is 6.39. The summed E-state index contributed by atoms with van der Waals surface area (Å²) in [5, 5.41) is 4.75. The number of nitrogens with zero attached hydrogens (tertiary/aromatic N) is 3. The van der Waals surface area contributed by atoms with E-state index in [0.717, 1.165) is 11.3 Å². The number of hydrogen-bond donors (Lipinski definition) is 1. The smallest absolute Gasteiger partial charge is 0.263 e. The molecule has 31 heavy (non-hydrogen) atoms. The quantitative estimate of drug-likeness (QED) is 0.687. The lowest BCUT2D eigenvalue weighted by Gasteiger charge is -2.28. The summed E-state index contributed by atoms with van der Waals surface area (Å²) in [5.74, 6) is 0.361. The molecule has 0 saturated carbocycles. The lowest BCUT2D eigenvalue weighted by molar-refractivity contribution is 0.458. The van der Waals surface area contributed by atoms with E-state index in [1.807, 2.05) is 37.3 Å². The third-order valence-corrected chi connectivity index (χ3v) is 7.22. The Morgan fingerprint density at radius 3 is 2.61 bits per heavy atom. The highest BCUT2D eigenvalue weighted by molar-refractivity contribution is 7.92. The summed E-state index contributed by atoms with van der Waals surface area (Å²) in [7, 11) is -3.91. The lowest BCUT2D eigenvalue weighted by atomic mass is 9.87. The van der Waals surface area contributed by atoms with Gasteiger partial charge in [-0.2, -0.15) is 5.10 Å². The van der Waals surface area contributed by atoms with Crippen LogP contribution in [-0.4, -0.2) is 24.4 Å². The summed E-state index contributed by atoms with van der Waals surface area (Å²) < 4.78 is 30.8. The Balaban J connectivity index is 1.68. The van der Waals surface area contributed by atoms with Crippen LogP contribution < -0.4 is 4.72 Å². The number of rotatable bonds is 4. The molecule has 0 radical (unpaired) electrons. The molecule has 162 valence electrons. The van der Waals surface area contributed by atoms with Crippen LogP contribution in [0.15, 0.2) is 70.2 Å². The van der Waals surface area contributed by atoms with E-state index in [9.17, 15) is 8.42 Å². The predicted molar refractivity (Wildman–Crippen MR) is 125 cm³/mol. The molecule has 2 aromatic rings. The van der Waals surface area contributed by atoms with Gasteiger partial charge in [-0.05, 0) is 42.2 Å². The van der Waals surface area contributed by atoms with Gasteiger partial charge < -0.3 is 0 Å². The van der Waals surface area contributed by atoms with Crippen LogP contribution in [0.3, 0.4) is 0 Å². The van der Waals surface area contributed by atoms with Crippen molar-refractivity contribution < 1.29 is 8.42 Å². The molecule has 1 aliphatic carbocycles. The van der Waals surface area contributed by atoms with Crippen molar-refractivity contribution in [2.24, 2.45) is 10.9 Å². The van der Waals surface area contributed by atoms with Crippen molar-refractivity contribution >= 4 is 33.7 Å². The Hall–Kier alpha value is -2.64. The fraction of sp³-hybridized carbons (Fsp3) is 0.304. The fourth-order valence-electron chi connectivity index (χ4n) is 3.75. The Kier molecular flexibility index (Phi) is 5.43. The maximum atomic E-state index is 13.2. The van der Waals surface area contributed by atoms with Crippen LogP contribution in [0.5, 0.6) is 0 Å². The number of dihydropyridines is 1. The average molecular weight is 457 g/mol. The maximum absolute atomic E-state index is 13.2. The van der Waals surface area contributed by atoms with Crippen LogP contribution in [0, 0.1) is 12.8 Å². The summed E-state index contributed by atoms with van der Waals surface area (Å²) in [6.07, 6.45) is 11.6. The van der Waals surface area contributed by atoms with Crippen LogP contribution in [-0.2, 0) is 15.4 Å². The van der Waals surface area contributed by atoms with Gasteiger partial charge in [-0.15, -0.1) is 0 Å².